The summed E-state index contributed by atoms with van der Waals surface area (Å²) >= 11 is 0. The van der Waals surface area contributed by atoms with E-state index < -0.39 is 35.8 Å². The first-order valence-corrected chi connectivity index (χ1v) is 6.06. The molecule has 4 nitrogen and oxygen atoms in total. The van der Waals surface area contributed by atoms with Crippen LogP contribution in [0.1, 0.15) is 12.5 Å². The van der Waals surface area contributed by atoms with Gasteiger partial charge in [-0.1, -0.05) is 18.2 Å². The molecule has 0 radical (unpaired) electrons. The molecule has 0 spiro atoms. The van der Waals surface area contributed by atoms with E-state index in [4.69, 9.17) is 10.5 Å². The Morgan fingerprint density at radius 2 is 1.95 bits per heavy atom. The summed E-state index contributed by atoms with van der Waals surface area (Å²) in [4.78, 5) is 3.87. The lowest BCUT2D eigenvalue weighted by molar-refractivity contribution is -0.243. The van der Waals surface area contributed by atoms with Crippen LogP contribution in [0.15, 0.2) is 29.3 Å². The number of ether oxygens (including phenoxy) is 2. The number of methoxy groups -OCH3 is 1. The van der Waals surface area contributed by atoms with Crippen molar-refractivity contribution in [2.24, 2.45) is 10.7 Å². The second-order valence-corrected chi connectivity index (χ2v) is 4.81. The fourth-order valence-electron chi connectivity index (χ4n) is 2.48. The Morgan fingerprint density at radius 3 is 2.48 bits per heavy atom. The third-order valence-corrected chi connectivity index (χ3v) is 3.41. The Bertz CT molecular complexity index is 561. The molecular weight excluding hydrogens is 292 g/mol. The summed E-state index contributed by atoms with van der Waals surface area (Å²) in [6, 6.07) is 4.75. The molecule has 1 aliphatic rings. The van der Waals surface area contributed by atoms with Gasteiger partial charge in [0.2, 0.25) is 6.10 Å². The highest BCUT2D eigenvalue weighted by molar-refractivity contribution is 5.73. The fraction of sp³-hybridized carbons (Fsp3) is 0.462. The van der Waals surface area contributed by atoms with Crippen LogP contribution in [0, 0.1) is 5.82 Å². The molecule has 1 aromatic carbocycles. The predicted octanol–water partition coefficient (Wildman–Crippen LogP) is 2.33. The van der Waals surface area contributed by atoms with Crippen molar-refractivity contribution < 1.29 is 27.0 Å². The lowest BCUT2D eigenvalue weighted by Gasteiger charge is -2.42. The number of rotatable bonds is 2. The lowest BCUT2D eigenvalue weighted by atomic mass is 9.82. The average Bonchev–Trinajstić information content (AvgIpc) is 2.37. The first-order valence-electron chi connectivity index (χ1n) is 6.06. The van der Waals surface area contributed by atoms with Gasteiger partial charge >= 0.3 is 6.18 Å². The van der Waals surface area contributed by atoms with Gasteiger partial charge in [0, 0.05) is 12.7 Å². The molecule has 0 unspecified atom stereocenters. The SMILES string of the molecule is CO[C@H]1[C@@H](C(F)(F)F)OC(N)=N[C@]1(C)c1ccccc1F. The van der Waals surface area contributed by atoms with Gasteiger partial charge < -0.3 is 15.2 Å². The van der Waals surface area contributed by atoms with Crippen molar-refractivity contribution in [2.75, 3.05) is 7.11 Å². The van der Waals surface area contributed by atoms with E-state index in [1.165, 1.54) is 25.1 Å². The number of aliphatic imine (C=N–C) groups is 1. The number of halogens is 4. The Morgan fingerprint density at radius 1 is 1.33 bits per heavy atom. The molecule has 2 N–H and O–H groups in total. The minimum atomic E-state index is -4.73. The molecule has 0 aliphatic carbocycles. The van der Waals surface area contributed by atoms with E-state index in [1.54, 1.807) is 0 Å². The number of hydrogen-bond acceptors (Lipinski definition) is 4. The molecule has 21 heavy (non-hydrogen) atoms. The third kappa shape index (κ3) is 2.67. The van der Waals surface area contributed by atoms with Gasteiger partial charge in [0.05, 0.1) is 0 Å². The molecule has 1 aliphatic heterocycles. The molecule has 0 bridgehead atoms. The summed E-state index contributed by atoms with van der Waals surface area (Å²) in [6.45, 7) is 1.33. The molecule has 0 saturated heterocycles. The molecule has 116 valence electrons. The lowest BCUT2D eigenvalue weighted by Crippen LogP contribution is -2.58. The molecule has 1 heterocycles. The van der Waals surface area contributed by atoms with E-state index >= 15 is 0 Å². The van der Waals surface area contributed by atoms with Crippen LogP contribution in [0.25, 0.3) is 0 Å². The first kappa shape index (κ1) is 15.6. The molecule has 0 amide bonds. The Hall–Kier alpha value is -1.83. The largest absolute Gasteiger partial charge is 0.449 e. The summed E-state index contributed by atoms with van der Waals surface area (Å²) in [5.74, 6) is -0.693. The molecule has 8 heteroatoms. The van der Waals surface area contributed by atoms with Crippen LogP contribution in [-0.4, -0.2) is 31.5 Å². The second kappa shape index (κ2) is 5.18. The maximum Gasteiger partial charge on any atom is 0.428 e. The molecule has 0 aromatic heterocycles. The van der Waals surface area contributed by atoms with Crippen molar-refractivity contribution in [3.05, 3.63) is 35.6 Å². The molecule has 0 fully saturated rings. The van der Waals surface area contributed by atoms with E-state index in [1.807, 2.05) is 0 Å². The maximum absolute atomic E-state index is 14.0. The van der Waals surface area contributed by atoms with E-state index in [-0.39, 0.29) is 5.56 Å². The predicted molar refractivity (Wildman–Crippen MR) is 67.1 cm³/mol. The molecular formula is C13H14F4N2O2. The first-order chi connectivity index (χ1) is 9.70. The zero-order valence-corrected chi connectivity index (χ0v) is 11.3. The maximum atomic E-state index is 14.0. The van der Waals surface area contributed by atoms with E-state index in [2.05, 4.69) is 9.73 Å². The number of hydrogen-bond donors (Lipinski definition) is 1. The van der Waals surface area contributed by atoms with Gasteiger partial charge in [0.15, 0.2) is 0 Å². The smallest absolute Gasteiger partial charge is 0.428 e. The monoisotopic (exact) mass is 306 g/mol. The van der Waals surface area contributed by atoms with Crippen molar-refractivity contribution in [3.8, 4) is 0 Å². The number of benzene rings is 1. The third-order valence-electron chi connectivity index (χ3n) is 3.41. The summed E-state index contributed by atoms with van der Waals surface area (Å²) in [7, 11) is 1.09. The molecule has 0 saturated carbocycles. The average molecular weight is 306 g/mol. The summed E-state index contributed by atoms with van der Waals surface area (Å²) < 4.78 is 62.8. The van der Waals surface area contributed by atoms with Crippen LogP contribution in [0.4, 0.5) is 17.6 Å². The van der Waals surface area contributed by atoms with Gasteiger partial charge in [-0.3, -0.25) is 0 Å². The Balaban J connectivity index is 2.59. The fourth-order valence-corrected chi connectivity index (χ4v) is 2.48. The highest BCUT2D eigenvalue weighted by atomic mass is 19.4. The topological polar surface area (TPSA) is 56.8 Å². The standard InChI is InChI=1S/C13H14F4N2O2/c1-12(7-5-3-4-6-8(7)14)9(20-2)10(13(15,16)17)21-11(18)19-12/h3-6,9-10H,1-2H3,(H2,18,19)/t9-,10-,12+/m0/s1. The molecule has 3 atom stereocenters. The minimum absolute atomic E-state index is 0.0441. The van der Waals surface area contributed by atoms with Crippen LogP contribution in [0.2, 0.25) is 0 Å². The number of amidine groups is 1. The van der Waals surface area contributed by atoms with Crippen molar-refractivity contribution in [2.45, 2.75) is 30.8 Å². The van der Waals surface area contributed by atoms with E-state index in [0.717, 1.165) is 13.2 Å². The Kier molecular flexibility index (Phi) is 3.83. The van der Waals surface area contributed by atoms with E-state index in [0.29, 0.717) is 0 Å². The number of nitrogens with zero attached hydrogens (tertiary/aromatic N) is 1. The molecule has 2 rings (SSSR count). The summed E-state index contributed by atoms with van der Waals surface area (Å²) in [5.41, 5.74) is 3.66. The van der Waals surface area contributed by atoms with Crippen LogP contribution in [0.5, 0.6) is 0 Å². The molecule has 1 aromatic rings. The van der Waals surface area contributed by atoms with Gasteiger partial charge in [0.25, 0.3) is 6.02 Å². The summed E-state index contributed by atoms with van der Waals surface area (Å²) in [5, 5.41) is 0. The van der Waals surface area contributed by atoms with Crippen molar-refractivity contribution in [1.29, 1.82) is 0 Å². The van der Waals surface area contributed by atoms with Crippen molar-refractivity contribution in [3.63, 3.8) is 0 Å². The van der Waals surface area contributed by atoms with Crippen LogP contribution in [0.3, 0.4) is 0 Å². The highest BCUT2D eigenvalue weighted by Crippen LogP contribution is 2.42. The second-order valence-electron chi connectivity index (χ2n) is 4.81. The van der Waals surface area contributed by atoms with Gasteiger partial charge in [-0.05, 0) is 13.0 Å². The number of nitrogens with two attached hydrogens (primary N) is 1. The van der Waals surface area contributed by atoms with Gasteiger partial charge in [0.1, 0.15) is 17.5 Å². The van der Waals surface area contributed by atoms with Crippen molar-refractivity contribution >= 4 is 6.02 Å². The van der Waals surface area contributed by atoms with Crippen LogP contribution < -0.4 is 5.73 Å². The normalized spacial score (nSPS) is 29.7. The Labute approximate surface area is 118 Å². The minimum Gasteiger partial charge on any atom is -0.449 e. The van der Waals surface area contributed by atoms with Gasteiger partial charge in [-0.25, -0.2) is 9.38 Å². The van der Waals surface area contributed by atoms with Crippen LogP contribution >= 0.6 is 0 Å². The summed E-state index contributed by atoms with van der Waals surface area (Å²) in [6.07, 6.45) is -8.63. The zero-order valence-electron chi connectivity index (χ0n) is 11.3. The van der Waals surface area contributed by atoms with E-state index in [9.17, 15) is 17.6 Å². The van der Waals surface area contributed by atoms with Gasteiger partial charge in [-0.2, -0.15) is 13.2 Å². The highest BCUT2D eigenvalue weighted by Gasteiger charge is 2.57. The van der Waals surface area contributed by atoms with Gasteiger partial charge in [-0.15, -0.1) is 0 Å². The van der Waals surface area contributed by atoms with Crippen molar-refractivity contribution in [1.82, 2.24) is 0 Å². The quantitative estimate of drug-likeness (QED) is 0.853. The zero-order chi connectivity index (χ0) is 15.8. The van der Waals surface area contributed by atoms with Crippen LogP contribution in [-0.2, 0) is 15.0 Å². The number of alkyl halides is 3.